The van der Waals surface area contributed by atoms with E-state index in [1.54, 1.807) is 0 Å². The highest BCUT2D eigenvalue weighted by molar-refractivity contribution is 6.29. The van der Waals surface area contributed by atoms with Gasteiger partial charge in [0.2, 0.25) is 0 Å². The van der Waals surface area contributed by atoms with Gasteiger partial charge in [0.15, 0.2) is 0 Å². The molecule has 11 rings (SSSR count). The van der Waals surface area contributed by atoms with Gasteiger partial charge in [0.1, 0.15) is 0 Å². The van der Waals surface area contributed by atoms with E-state index in [-0.39, 0.29) is 0 Å². The number of hydrogen-bond acceptors (Lipinski definition) is 0. The van der Waals surface area contributed by atoms with E-state index in [1.165, 1.54) is 109 Å². The van der Waals surface area contributed by atoms with Crippen molar-refractivity contribution >= 4 is 53.9 Å². The highest BCUT2D eigenvalue weighted by atomic mass is 14.3. The Morgan fingerprint density at radius 1 is 0.220 bits per heavy atom. The summed E-state index contributed by atoms with van der Waals surface area (Å²) in [6.07, 6.45) is 0. The Hall–Kier alpha value is -6.50. The Balaban J connectivity index is 1.28. The van der Waals surface area contributed by atoms with Crippen LogP contribution >= 0.6 is 0 Å². The van der Waals surface area contributed by atoms with Gasteiger partial charge in [0.25, 0.3) is 0 Å². The summed E-state index contributed by atoms with van der Waals surface area (Å²) in [4.78, 5) is 0. The van der Waals surface area contributed by atoms with E-state index in [1.807, 2.05) is 0 Å². The molecule has 10 aromatic carbocycles. The normalized spacial score (nSPS) is 12.0. The Bertz CT molecular complexity index is 2900. The minimum atomic E-state index is 1.25. The maximum atomic E-state index is 2.39. The predicted molar refractivity (Wildman–Crippen MR) is 215 cm³/mol. The molecule has 1 aliphatic carbocycles. The van der Waals surface area contributed by atoms with Gasteiger partial charge in [-0.2, -0.15) is 0 Å². The molecule has 10 aromatic rings. The highest BCUT2D eigenvalue weighted by Crippen LogP contribution is 2.58. The molecule has 0 aromatic heterocycles. The molecule has 230 valence electrons. The van der Waals surface area contributed by atoms with Crippen LogP contribution in [-0.4, -0.2) is 0 Å². The average molecular weight is 631 g/mol. The van der Waals surface area contributed by atoms with E-state index >= 15 is 0 Å². The van der Waals surface area contributed by atoms with Crippen LogP contribution in [0.1, 0.15) is 0 Å². The van der Waals surface area contributed by atoms with Crippen molar-refractivity contribution in [2.24, 2.45) is 0 Å². The number of benzene rings is 10. The number of hydrogen-bond donors (Lipinski definition) is 0. The zero-order valence-corrected chi connectivity index (χ0v) is 27.3. The lowest BCUT2D eigenvalue weighted by Gasteiger charge is -2.21. The maximum absolute atomic E-state index is 2.39. The van der Waals surface area contributed by atoms with Crippen LogP contribution in [0, 0.1) is 0 Å². The summed E-state index contributed by atoms with van der Waals surface area (Å²) in [6.45, 7) is 0. The van der Waals surface area contributed by atoms with Crippen molar-refractivity contribution in [3.63, 3.8) is 0 Å². The molecule has 0 nitrogen and oxygen atoms in total. The first-order valence-electron chi connectivity index (χ1n) is 17.4. The fourth-order valence-electron chi connectivity index (χ4n) is 8.70. The van der Waals surface area contributed by atoms with Gasteiger partial charge >= 0.3 is 0 Å². The van der Waals surface area contributed by atoms with Crippen molar-refractivity contribution in [1.29, 1.82) is 0 Å². The van der Waals surface area contributed by atoms with Crippen molar-refractivity contribution in [2.45, 2.75) is 0 Å². The largest absolute Gasteiger partial charge is 0.0616 e. The lowest BCUT2D eigenvalue weighted by Crippen LogP contribution is -1.94. The van der Waals surface area contributed by atoms with Crippen molar-refractivity contribution in [1.82, 2.24) is 0 Å². The molecule has 0 spiro atoms. The first kappa shape index (κ1) is 27.5. The Labute approximate surface area is 290 Å². The van der Waals surface area contributed by atoms with Gasteiger partial charge in [-0.3, -0.25) is 0 Å². The fourth-order valence-corrected chi connectivity index (χ4v) is 8.70. The van der Waals surface area contributed by atoms with Crippen LogP contribution in [-0.2, 0) is 0 Å². The van der Waals surface area contributed by atoms with Crippen molar-refractivity contribution in [2.75, 3.05) is 0 Å². The summed E-state index contributed by atoms with van der Waals surface area (Å²) in [5.41, 5.74) is 12.9. The molecule has 0 radical (unpaired) electrons. The summed E-state index contributed by atoms with van der Waals surface area (Å²) in [5.74, 6) is 0. The molecule has 0 heteroatoms. The summed E-state index contributed by atoms with van der Waals surface area (Å²) in [7, 11) is 0. The molecule has 0 unspecified atom stereocenters. The molecule has 1 aliphatic rings. The second kappa shape index (κ2) is 10.5. The Morgan fingerprint density at radius 2 is 0.620 bits per heavy atom. The van der Waals surface area contributed by atoms with E-state index in [9.17, 15) is 0 Å². The van der Waals surface area contributed by atoms with Crippen LogP contribution in [0.2, 0.25) is 0 Å². The van der Waals surface area contributed by atoms with Crippen molar-refractivity contribution in [3.05, 3.63) is 182 Å². The van der Waals surface area contributed by atoms with Crippen molar-refractivity contribution < 1.29 is 0 Å². The first-order chi connectivity index (χ1) is 24.8. The Morgan fingerprint density at radius 3 is 1.16 bits per heavy atom. The third kappa shape index (κ3) is 3.94. The molecule has 0 atom stereocenters. The molecule has 50 heavy (non-hydrogen) atoms. The summed E-state index contributed by atoms with van der Waals surface area (Å²) >= 11 is 0. The van der Waals surface area contributed by atoms with Gasteiger partial charge in [-0.1, -0.05) is 164 Å². The molecule has 0 amide bonds. The van der Waals surface area contributed by atoms with Crippen LogP contribution in [0.15, 0.2) is 182 Å². The first-order valence-corrected chi connectivity index (χ1v) is 17.4. The van der Waals surface area contributed by atoms with Gasteiger partial charge in [0.05, 0.1) is 0 Å². The smallest absolute Gasteiger partial charge is 0.000741 e. The zero-order valence-electron chi connectivity index (χ0n) is 27.3. The van der Waals surface area contributed by atoms with E-state index in [0.29, 0.717) is 0 Å². The van der Waals surface area contributed by atoms with Crippen LogP contribution in [0.5, 0.6) is 0 Å². The van der Waals surface area contributed by atoms with Crippen LogP contribution in [0.25, 0.3) is 109 Å². The molecular weight excluding hydrogens is 601 g/mol. The molecule has 0 N–H and O–H groups in total. The van der Waals surface area contributed by atoms with Crippen LogP contribution in [0.4, 0.5) is 0 Å². The zero-order chi connectivity index (χ0) is 32.8. The van der Waals surface area contributed by atoms with E-state index in [0.717, 1.165) is 0 Å². The molecule has 0 heterocycles. The van der Waals surface area contributed by atoms with E-state index < -0.39 is 0 Å². The van der Waals surface area contributed by atoms with Crippen LogP contribution < -0.4 is 0 Å². The predicted octanol–water partition coefficient (Wildman–Crippen LogP) is 14.1. The van der Waals surface area contributed by atoms with Gasteiger partial charge < -0.3 is 0 Å². The lowest BCUT2D eigenvalue weighted by atomic mass is 9.82. The number of fused-ring (bicyclic) bond motifs is 7. The molecule has 0 bridgehead atoms. The quantitative estimate of drug-likeness (QED) is 0.182. The lowest BCUT2D eigenvalue weighted by molar-refractivity contribution is 1.65. The third-order valence-electron chi connectivity index (χ3n) is 10.9. The monoisotopic (exact) mass is 630 g/mol. The standard InChI is InChI=1S/C50H30/c1-4-13-34-28-37(23-20-31(34)10-1)40-26-27-45-48-41(40)18-9-19-44(48)49-46(38-24-21-32-11-2-5-14-35(32)29-38)42-16-7-8-17-43(42)47(50(45)49)39-25-22-33-12-3-6-15-36(33)30-39/h1-30H. The summed E-state index contributed by atoms with van der Waals surface area (Å²) in [6, 6.07) is 67.6. The SMILES string of the molecule is c1ccc2cc(-c3c4c(c(-c5ccc6ccccc6c5)c5ccccc35)-c3ccc(-c5ccc6ccccc6c5)c5cccc-4c35)ccc2c1. The fraction of sp³-hybridized carbons (Fsp3) is 0. The molecule has 0 fully saturated rings. The minimum absolute atomic E-state index is 1.25. The topological polar surface area (TPSA) is 0 Å². The second-order valence-electron chi connectivity index (χ2n) is 13.6. The third-order valence-corrected chi connectivity index (χ3v) is 10.9. The van der Waals surface area contributed by atoms with Gasteiger partial charge in [-0.05, 0) is 128 Å². The van der Waals surface area contributed by atoms with E-state index in [2.05, 4.69) is 182 Å². The van der Waals surface area contributed by atoms with Gasteiger partial charge in [-0.25, -0.2) is 0 Å². The maximum Gasteiger partial charge on any atom is -0.000741 e. The van der Waals surface area contributed by atoms with Crippen molar-refractivity contribution in [3.8, 4) is 55.6 Å². The van der Waals surface area contributed by atoms with Gasteiger partial charge in [-0.15, -0.1) is 0 Å². The summed E-state index contributed by atoms with van der Waals surface area (Å²) in [5, 5.41) is 12.8. The average Bonchev–Trinajstić information content (AvgIpc) is 3.51. The minimum Gasteiger partial charge on any atom is -0.0616 e. The molecule has 0 aliphatic heterocycles. The van der Waals surface area contributed by atoms with E-state index in [4.69, 9.17) is 0 Å². The Kier molecular flexibility index (Phi) is 5.76. The molecule has 0 saturated heterocycles. The highest BCUT2D eigenvalue weighted by Gasteiger charge is 2.31. The molecular formula is C50H30. The van der Waals surface area contributed by atoms with Crippen LogP contribution in [0.3, 0.4) is 0 Å². The summed E-state index contributed by atoms with van der Waals surface area (Å²) < 4.78 is 0. The number of rotatable bonds is 3. The second-order valence-corrected chi connectivity index (χ2v) is 13.6. The van der Waals surface area contributed by atoms with Gasteiger partial charge in [0, 0.05) is 0 Å². The molecule has 0 saturated carbocycles.